The Bertz CT molecular complexity index is 821. The molecule has 1 aliphatic rings. The second-order valence-electron chi connectivity index (χ2n) is 5.25. The van der Waals surface area contributed by atoms with Gasteiger partial charge in [-0.15, -0.1) is 0 Å². The van der Waals surface area contributed by atoms with Crippen LogP contribution in [0.15, 0.2) is 28.8 Å². The van der Waals surface area contributed by atoms with Crippen molar-refractivity contribution in [2.24, 2.45) is 7.05 Å². The number of aromatic nitrogens is 4. The summed E-state index contributed by atoms with van der Waals surface area (Å²) in [6, 6.07) is 5.99. The normalized spacial score (nSPS) is 14.1. The van der Waals surface area contributed by atoms with Gasteiger partial charge in [-0.05, 0) is 24.3 Å². The molecule has 0 aliphatic carbocycles. The van der Waals surface area contributed by atoms with Crippen LogP contribution in [0.25, 0.3) is 23.0 Å². The molecule has 0 saturated carbocycles. The Kier molecular flexibility index (Phi) is 3.00. The zero-order chi connectivity index (χ0) is 15.1. The summed E-state index contributed by atoms with van der Waals surface area (Å²) in [4.78, 5) is 4.40. The summed E-state index contributed by atoms with van der Waals surface area (Å²) in [5.74, 6) is 0.524. The third kappa shape index (κ3) is 2.10. The maximum Gasteiger partial charge on any atom is 0.279 e. The van der Waals surface area contributed by atoms with Crippen LogP contribution >= 0.6 is 0 Å². The number of hydrogen-bond donors (Lipinski definition) is 1. The lowest BCUT2D eigenvalue weighted by Gasteiger charge is -2.13. The lowest BCUT2D eigenvalue weighted by Crippen LogP contribution is -2.24. The topological polar surface area (TPSA) is 68.8 Å². The van der Waals surface area contributed by atoms with Crippen molar-refractivity contribution >= 4 is 0 Å². The average molecular weight is 299 g/mol. The van der Waals surface area contributed by atoms with E-state index in [4.69, 9.17) is 4.52 Å². The second-order valence-corrected chi connectivity index (χ2v) is 5.25. The van der Waals surface area contributed by atoms with Gasteiger partial charge in [0.25, 0.3) is 5.89 Å². The van der Waals surface area contributed by atoms with Crippen LogP contribution in [-0.2, 0) is 20.0 Å². The highest BCUT2D eigenvalue weighted by atomic mass is 19.1. The predicted molar refractivity (Wildman–Crippen MR) is 77.3 cm³/mol. The van der Waals surface area contributed by atoms with E-state index in [9.17, 15) is 4.39 Å². The minimum absolute atomic E-state index is 0.294. The van der Waals surface area contributed by atoms with E-state index in [0.29, 0.717) is 23.0 Å². The zero-order valence-electron chi connectivity index (χ0n) is 12.0. The van der Waals surface area contributed by atoms with Gasteiger partial charge >= 0.3 is 0 Å². The summed E-state index contributed by atoms with van der Waals surface area (Å²) < 4.78 is 20.2. The van der Waals surface area contributed by atoms with Gasteiger partial charge in [0.2, 0.25) is 5.82 Å². The van der Waals surface area contributed by atoms with E-state index >= 15 is 0 Å². The smallest absolute Gasteiger partial charge is 0.279 e. The Balaban J connectivity index is 1.74. The highest BCUT2D eigenvalue weighted by molar-refractivity contribution is 5.60. The molecule has 3 heterocycles. The number of benzene rings is 1. The lowest BCUT2D eigenvalue weighted by atomic mass is 10.1. The van der Waals surface area contributed by atoms with Crippen molar-refractivity contribution in [3.8, 4) is 23.0 Å². The Morgan fingerprint density at radius 3 is 2.91 bits per heavy atom. The standard InChI is InChI=1S/C15H14FN5O/c1-21-12-6-7-17-8-11(12)13(19-21)15-18-14(20-22-15)9-2-4-10(16)5-3-9/h2-5,17H,6-8H2,1H3. The first-order valence-corrected chi connectivity index (χ1v) is 7.08. The van der Waals surface area contributed by atoms with Gasteiger partial charge in [0, 0.05) is 43.4 Å². The first kappa shape index (κ1) is 13.1. The molecule has 0 fully saturated rings. The Labute approximate surface area is 126 Å². The molecule has 0 saturated heterocycles. The number of rotatable bonds is 2. The molecule has 6 nitrogen and oxygen atoms in total. The maximum absolute atomic E-state index is 13.0. The van der Waals surface area contributed by atoms with Crippen molar-refractivity contribution in [2.45, 2.75) is 13.0 Å². The Hall–Kier alpha value is -2.54. The second kappa shape index (κ2) is 5.03. The molecule has 4 rings (SSSR count). The van der Waals surface area contributed by atoms with Crippen LogP contribution in [0.5, 0.6) is 0 Å². The molecule has 0 bridgehead atoms. The van der Waals surface area contributed by atoms with E-state index in [0.717, 1.165) is 25.1 Å². The zero-order valence-corrected chi connectivity index (χ0v) is 12.0. The van der Waals surface area contributed by atoms with Gasteiger partial charge in [0.05, 0.1) is 0 Å². The molecular weight excluding hydrogens is 285 g/mol. The van der Waals surface area contributed by atoms with Crippen LogP contribution in [0.2, 0.25) is 0 Å². The molecule has 0 amide bonds. The lowest BCUT2D eigenvalue weighted by molar-refractivity contribution is 0.430. The maximum atomic E-state index is 13.0. The fourth-order valence-electron chi connectivity index (χ4n) is 2.73. The summed E-state index contributed by atoms with van der Waals surface area (Å²) in [6.07, 6.45) is 0.928. The minimum Gasteiger partial charge on any atom is -0.332 e. The molecule has 0 unspecified atom stereocenters. The van der Waals surface area contributed by atoms with Crippen molar-refractivity contribution in [2.75, 3.05) is 6.54 Å². The van der Waals surface area contributed by atoms with Gasteiger partial charge in [-0.1, -0.05) is 5.16 Å². The van der Waals surface area contributed by atoms with E-state index in [1.807, 2.05) is 11.7 Å². The van der Waals surface area contributed by atoms with Gasteiger partial charge in [0.1, 0.15) is 5.82 Å². The molecule has 0 radical (unpaired) electrons. The first-order valence-electron chi connectivity index (χ1n) is 7.08. The van der Waals surface area contributed by atoms with Gasteiger partial charge in [-0.3, -0.25) is 4.68 Å². The molecule has 2 aromatic heterocycles. The number of halogens is 1. The van der Waals surface area contributed by atoms with Crippen molar-refractivity contribution in [1.29, 1.82) is 0 Å². The number of nitrogens with zero attached hydrogens (tertiary/aromatic N) is 4. The number of fused-ring (bicyclic) bond motifs is 1. The van der Waals surface area contributed by atoms with Crippen molar-refractivity contribution < 1.29 is 8.91 Å². The van der Waals surface area contributed by atoms with Crippen LogP contribution < -0.4 is 5.32 Å². The molecule has 0 atom stereocenters. The van der Waals surface area contributed by atoms with Crippen LogP contribution in [0.4, 0.5) is 4.39 Å². The first-order chi connectivity index (χ1) is 10.7. The van der Waals surface area contributed by atoms with Crippen LogP contribution in [0, 0.1) is 5.82 Å². The van der Waals surface area contributed by atoms with Gasteiger partial charge in [-0.2, -0.15) is 10.1 Å². The number of aryl methyl sites for hydroxylation is 1. The van der Waals surface area contributed by atoms with Crippen LogP contribution in [0.1, 0.15) is 11.3 Å². The Morgan fingerprint density at radius 2 is 2.09 bits per heavy atom. The summed E-state index contributed by atoms with van der Waals surface area (Å²) in [5.41, 5.74) is 3.71. The number of hydrogen-bond acceptors (Lipinski definition) is 5. The van der Waals surface area contributed by atoms with E-state index in [1.54, 1.807) is 12.1 Å². The van der Waals surface area contributed by atoms with Crippen molar-refractivity contribution in [3.05, 3.63) is 41.3 Å². The highest BCUT2D eigenvalue weighted by Crippen LogP contribution is 2.27. The molecule has 1 aliphatic heterocycles. The SMILES string of the molecule is Cn1nc(-c2nc(-c3ccc(F)cc3)no2)c2c1CCNC2. The van der Waals surface area contributed by atoms with Crippen LogP contribution in [-0.4, -0.2) is 26.5 Å². The summed E-state index contributed by atoms with van der Waals surface area (Å²) in [6.45, 7) is 1.68. The minimum atomic E-state index is -0.294. The molecule has 0 spiro atoms. The summed E-state index contributed by atoms with van der Waals surface area (Å²) in [5, 5.41) is 11.8. The van der Waals surface area contributed by atoms with Crippen molar-refractivity contribution in [3.63, 3.8) is 0 Å². The van der Waals surface area contributed by atoms with E-state index < -0.39 is 0 Å². The summed E-state index contributed by atoms with van der Waals surface area (Å²) in [7, 11) is 1.92. The highest BCUT2D eigenvalue weighted by Gasteiger charge is 2.24. The molecule has 1 aromatic carbocycles. The molecule has 7 heteroatoms. The van der Waals surface area contributed by atoms with Gasteiger partial charge < -0.3 is 9.84 Å². The molecule has 3 aromatic rings. The van der Waals surface area contributed by atoms with Gasteiger partial charge in [-0.25, -0.2) is 4.39 Å². The van der Waals surface area contributed by atoms with E-state index in [1.165, 1.54) is 17.8 Å². The van der Waals surface area contributed by atoms with Gasteiger partial charge in [0.15, 0.2) is 5.69 Å². The third-order valence-corrected chi connectivity index (χ3v) is 3.85. The average Bonchev–Trinajstić information content (AvgIpc) is 3.14. The van der Waals surface area contributed by atoms with E-state index in [-0.39, 0.29) is 5.82 Å². The third-order valence-electron chi connectivity index (χ3n) is 3.85. The molecular formula is C15H14FN5O. The van der Waals surface area contributed by atoms with Crippen molar-refractivity contribution in [1.82, 2.24) is 25.2 Å². The monoisotopic (exact) mass is 299 g/mol. The largest absolute Gasteiger partial charge is 0.332 e. The molecule has 1 N–H and O–H groups in total. The van der Waals surface area contributed by atoms with Crippen LogP contribution in [0.3, 0.4) is 0 Å². The van der Waals surface area contributed by atoms with E-state index in [2.05, 4.69) is 20.6 Å². The predicted octanol–water partition coefficient (Wildman–Crippen LogP) is 1.92. The summed E-state index contributed by atoms with van der Waals surface area (Å²) >= 11 is 0. The molecule has 22 heavy (non-hydrogen) atoms. The fraction of sp³-hybridized carbons (Fsp3) is 0.267. The quantitative estimate of drug-likeness (QED) is 0.783. The number of nitrogens with one attached hydrogen (secondary N) is 1. The Morgan fingerprint density at radius 1 is 1.27 bits per heavy atom. The molecule has 112 valence electrons. The fourth-order valence-corrected chi connectivity index (χ4v) is 2.73.